The molecule has 0 atom stereocenters. The molecule has 0 radical (unpaired) electrons. The smallest absolute Gasteiger partial charge is 0.228 e. The van der Waals surface area contributed by atoms with Gasteiger partial charge in [0.25, 0.3) is 0 Å². The Morgan fingerprint density at radius 2 is 2.25 bits per heavy atom. The molecule has 1 heterocycles. The van der Waals surface area contributed by atoms with E-state index in [1.165, 1.54) is 5.56 Å². The van der Waals surface area contributed by atoms with Crippen LogP contribution in [0.25, 0.3) is 0 Å². The van der Waals surface area contributed by atoms with Crippen molar-refractivity contribution >= 4 is 23.2 Å². The summed E-state index contributed by atoms with van der Waals surface area (Å²) in [6.45, 7) is 1.76. The van der Waals surface area contributed by atoms with E-state index >= 15 is 0 Å². The van der Waals surface area contributed by atoms with Crippen LogP contribution in [0.1, 0.15) is 11.1 Å². The number of carbonyl (C=O) groups is 1. The average molecular weight is 239 g/mol. The molecule has 1 aromatic carbocycles. The molecule has 2 rings (SSSR count). The van der Waals surface area contributed by atoms with Gasteiger partial charge in [0.15, 0.2) is 0 Å². The molecule has 0 bridgehead atoms. The molecule has 0 spiro atoms. The van der Waals surface area contributed by atoms with Crippen LogP contribution in [0, 0.1) is 0 Å². The lowest BCUT2D eigenvalue weighted by Crippen LogP contribution is -2.19. The number of nitrogens with one attached hydrogen (secondary N) is 2. The van der Waals surface area contributed by atoms with Gasteiger partial charge >= 0.3 is 0 Å². The Bertz CT molecular complexity index is 393. The molecule has 1 aliphatic rings. The zero-order chi connectivity index (χ0) is 11.4. The van der Waals surface area contributed by atoms with Gasteiger partial charge in [-0.1, -0.05) is 12.1 Å². The van der Waals surface area contributed by atoms with Crippen molar-refractivity contribution in [2.75, 3.05) is 24.3 Å². The molecule has 0 aliphatic carbocycles. The normalized spacial score (nSPS) is 13.7. The van der Waals surface area contributed by atoms with Gasteiger partial charge in [-0.15, -0.1) is 11.6 Å². The molecule has 1 amide bonds. The largest absolute Gasteiger partial charge is 0.326 e. The lowest BCUT2D eigenvalue weighted by Gasteiger charge is -2.05. The Balaban J connectivity index is 1.92. The molecule has 86 valence electrons. The number of carbonyl (C=O) groups excluding carboxylic acids is 1. The van der Waals surface area contributed by atoms with Crippen LogP contribution in [-0.4, -0.2) is 24.9 Å². The SMILES string of the molecule is O=C1Cc2cc(CCNCCCl)ccc2N1. The Morgan fingerprint density at radius 1 is 1.38 bits per heavy atom. The summed E-state index contributed by atoms with van der Waals surface area (Å²) in [7, 11) is 0. The summed E-state index contributed by atoms with van der Waals surface area (Å²) < 4.78 is 0. The van der Waals surface area contributed by atoms with Crippen LogP contribution in [0.2, 0.25) is 0 Å². The Kier molecular flexibility index (Phi) is 3.80. The third-order valence-electron chi connectivity index (χ3n) is 2.66. The summed E-state index contributed by atoms with van der Waals surface area (Å²) in [6, 6.07) is 6.15. The fourth-order valence-corrected chi connectivity index (χ4v) is 2.00. The number of alkyl halides is 1. The highest BCUT2D eigenvalue weighted by atomic mass is 35.5. The summed E-state index contributed by atoms with van der Waals surface area (Å²) >= 11 is 5.57. The molecule has 1 aliphatic heterocycles. The first-order valence-corrected chi connectivity index (χ1v) is 6.01. The van der Waals surface area contributed by atoms with E-state index in [4.69, 9.17) is 11.6 Å². The van der Waals surface area contributed by atoms with Crippen molar-refractivity contribution < 1.29 is 4.79 Å². The molecule has 0 saturated carbocycles. The van der Waals surface area contributed by atoms with Crippen LogP contribution in [-0.2, 0) is 17.6 Å². The Hall–Kier alpha value is -1.06. The molecule has 0 saturated heterocycles. The van der Waals surface area contributed by atoms with Crippen molar-refractivity contribution in [3.8, 4) is 0 Å². The number of hydrogen-bond acceptors (Lipinski definition) is 2. The van der Waals surface area contributed by atoms with Crippen LogP contribution in [0.15, 0.2) is 18.2 Å². The highest BCUT2D eigenvalue weighted by Gasteiger charge is 2.16. The van der Waals surface area contributed by atoms with Gasteiger partial charge in [0.1, 0.15) is 0 Å². The third-order valence-corrected chi connectivity index (χ3v) is 2.85. The highest BCUT2D eigenvalue weighted by molar-refractivity contribution is 6.18. The van der Waals surface area contributed by atoms with E-state index in [-0.39, 0.29) is 5.91 Å². The van der Waals surface area contributed by atoms with Gasteiger partial charge in [0.2, 0.25) is 5.91 Å². The topological polar surface area (TPSA) is 41.1 Å². The molecule has 0 fully saturated rings. The highest BCUT2D eigenvalue weighted by Crippen LogP contribution is 2.23. The molecule has 2 N–H and O–H groups in total. The first-order valence-electron chi connectivity index (χ1n) is 5.48. The molecule has 3 nitrogen and oxygen atoms in total. The molecule has 1 aromatic rings. The maximum absolute atomic E-state index is 11.2. The first-order chi connectivity index (χ1) is 7.79. The summed E-state index contributed by atoms with van der Waals surface area (Å²) in [5.74, 6) is 0.732. The van der Waals surface area contributed by atoms with Crippen LogP contribution in [0.4, 0.5) is 5.69 Å². The van der Waals surface area contributed by atoms with E-state index in [2.05, 4.69) is 22.8 Å². The van der Waals surface area contributed by atoms with E-state index < -0.39 is 0 Å². The van der Waals surface area contributed by atoms with E-state index in [0.29, 0.717) is 12.3 Å². The average Bonchev–Trinajstić information content (AvgIpc) is 2.64. The fourth-order valence-electron chi connectivity index (χ4n) is 1.86. The summed E-state index contributed by atoms with van der Waals surface area (Å²) in [4.78, 5) is 11.2. The molecule has 0 aromatic heterocycles. The quantitative estimate of drug-likeness (QED) is 0.604. The maximum Gasteiger partial charge on any atom is 0.228 e. The van der Waals surface area contributed by atoms with Crippen molar-refractivity contribution in [2.24, 2.45) is 0 Å². The molecular formula is C12H15ClN2O. The fraction of sp³-hybridized carbons (Fsp3) is 0.417. The van der Waals surface area contributed by atoms with Gasteiger partial charge in [0.05, 0.1) is 6.42 Å². The maximum atomic E-state index is 11.2. The van der Waals surface area contributed by atoms with Crippen LogP contribution in [0.3, 0.4) is 0 Å². The standard InChI is InChI=1S/C12H15ClN2O/c13-4-6-14-5-3-9-1-2-11-10(7-9)8-12(16)15-11/h1-2,7,14H,3-6,8H2,(H,15,16). The number of amides is 1. The molecule has 0 unspecified atom stereocenters. The van der Waals surface area contributed by atoms with Gasteiger partial charge in [0, 0.05) is 18.1 Å². The summed E-state index contributed by atoms with van der Waals surface area (Å²) in [6.07, 6.45) is 1.48. The minimum Gasteiger partial charge on any atom is -0.326 e. The van der Waals surface area contributed by atoms with Crippen molar-refractivity contribution in [1.82, 2.24) is 5.32 Å². The number of benzene rings is 1. The number of anilines is 1. The lowest BCUT2D eigenvalue weighted by atomic mass is 10.1. The van der Waals surface area contributed by atoms with Gasteiger partial charge in [-0.3, -0.25) is 4.79 Å². The molecule has 16 heavy (non-hydrogen) atoms. The Labute approximate surface area is 100 Å². The van der Waals surface area contributed by atoms with Crippen molar-refractivity contribution in [1.29, 1.82) is 0 Å². The van der Waals surface area contributed by atoms with E-state index in [1.54, 1.807) is 0 Å². The summed E-state index contributed by atoms with van der Waals surface area (Å²) in [5, 5.41) is 6.07. The van der Waals surface area contributed by atoms with E-state index in [1.807, 2.05) is 6.07 Å². The monoisotopic (exact) mass is 238 g/mol. The predicted molar refractivity (Wildman–Crippen MR) is 66.1 cm³/mol. The second-order valence-corrected chi connectivity index (χ2v) is 4.28. The van der Waals surface area contributed by atoms with Gasteiger partial charge in [-0.2, -0.15) is 0 Å². The van der Waals surface area contributed by atoms with Crippen LogP contribution < -0.4 is 10.6 Å². The van der Waals surface area contributed by atoms with E-state index in [0.717, 1.165) is 30.8 Å². The minimum absolute atomic E-state index is 0.0902. The lowest BCUT2D eigenvalue weighted by molar-refractivity contribution is -0.115. The van der Waals surface area contributed by atoms with Crippen LogP contribution >= 0.6 is 11.6 Å². The Morgan fingerprint density at radius 3 is 3.06 bits per heavy atom. The number of hydrogen-bond donors (Lipinski definition) is 2. The third kappa shape index (κ3) is 2.74. The zero-order valence-electron chi connectivity index (χ0n) is 9.05. The van der Waals surface area contributed by atoms with Crippen LogP contribution in [0.5, 0.6) is 0 Å². The molecule has 4 heteroatoms. The van der Waals surface area contributed by atoms with E-state index in [9.17, 15) is 4.79 Å². The summed E-state index contributed by atoms with van der Waals surface area (Å²) in [5.41, 5.74) is 3.33. The van der Waals surface area contributed by atoms with Crippen molar-refractivity contribution in [3.63, 3.8) is 0 Å². The second kappa shape index (κ2) is 5.32. The second-order valence-electron chi connectivity index (χ2n) is 3.91. The van der Waals surface area contributed by atoms with Gasteiger partial charge in [-0.05, 0) is 30.2 Å². The van der Waals surface area contributed by atoms with Gasteiger partial charge in [-0.25, -0.2) is 0 Å². The first kappa shape index (κ1) is 11.4. The number of halogens is 1. The minimum atomic E-state index is 0.0902. The zero-order valence-corrected chi connectivity index (χ0v) is 9.81. The predicted octanol–water partition coefficient (Wildman–Crippen LogP) is 1.55. The number of fused-ring (bicyclic) bond motifs is 1. The molecular weight excluding hydrogens is 224 g/mol. The van der Waals surface area contributed by atoms with Crippen molar-refractivity contribution in [3.05, 3.63) is 29.3 Å². The van der Waals surface area contributed by atoms with Crippen molar-refractivity contribution in [2.45, 2.75) is 12.8 Å². The number of rotatable bonds is 5. The van der Waals surface area contributed by atoms with Gasteiger partial charge < -0.3 is 10.6 Å².